The molecule has 8 heteroatoms. The number of alkyl halides is 2. The summed E-state index contributed by atoms with van der Waals surface area (Å²) in [5.74, 6) is -1.13. The molecule has 1 atom stereocenters. The quantitative estimate of drug-likeness (QED) is 0.577. The molecule has 2 aromatic carbocycles. The van der Waals surface area contributed by atoms with Crippen molar-refractivity contribution >= 4 is 11.9 Å². The van der Waals surface area contributed by atoms with Crippen molar-refractivity contribution < 1.29 is 32.6 Å². The molecule has 0 radical (unpaired) electrons. The Morgan fingerprint density at radius 1 is 1.03 bits per heavy atom. The van der Waals surface area contributed by atoms with Gasteiger partial charge in [0.2, 0.25) is 0 Å². The van der Waals surface area contributed by atoms with Crippen molar-refractivity contribution in [3.05, 3.63) is 59.7 Å². The van der Waals surface area contributed by atoms with Gasteiger partial charge in [-0.1, -0.05) is 44.2 Å². The highest BCUT2D eigenvalue weighted by Crippen LogP contribution is 2.29. The van der Waals surface area contributed by atoms with Crippen molar-refractivity contribution in [2.45, 2.75) is 32.9 Å². The number of hydrogen-bond acceptors (Lipinski definition) is 5. The van der Waals surface area contributed by atoms with Gasteiger partial charge in [-0.25, -0.2) is 4.79 Å². The number of esters is 1. The Morgan fingerprint density at radius 3 is 2.33 bits per heavy atom. The second-order valence-electron chi connectivity index (χ2n) is 6.98. The van der Waals surface area contributed by atoms with E-state index >= 15 is 0 Å². The van der Waals surface area contributed by atoms with Crippen LogP contribution in [0.3, 0.4) is 0 Å². The van der Waals surface area contributed by atoms with Crippen LogP contribution in [-0.2, 0) is 9.53 Å². The normalized spacial score (nSPS) is 11.8. The summed E-state index contributed by atoms with van der Waals surface area (Å²) in [7, 11) is 1.26. The summed E-state index contributed by atoms with van der Waals surface area (Å²) in [6, 6.07) is 13.0. The minimum Gasteiger partial charge on any atom is -0.493 e. The van der Waals surface area contributed by atoms with E-state index in [1.165, 1.54) is 25.3 Å². The Labute approximate surface area is 174 Å². The van der Waals surface area contributed by atoms with Crippen molar-refractivity contribution in [2.24, 2.45) is 5.92 Å². The minimum absolute atomic E-state index is 0.0445. The molecule has 0 aliphatic heterocycles. The largest absolute Gasteiger partial charge is 0.493 e. The van der Waals surface area contributed by atoms with Gasteiger partial charge in [-0.2, -0.15) is 8.78 Å². The van der Waals surface area contributed by atoms with Crippen LogP contribution in [0.15, 0.2) is 48.5 Å². The zero-order valence-corrected chi connectivity index (χ0v) is 17.1. The molecule has 0 fully saturated rings. The van der Waals surface area contributed by atoms with Gasteiger partial charge in [-0.15, -0.1) is 0 Å². The van der Waals surface area contributed by atoms with E-state index in [-0.39, 0.29) is 23.1 Å². The van der Waals surface area contributed by atoms with Gasteiger partial charge >= 0.3 is 12.6 Å². The minimum atomic E-state index is -3.02. The summed E-state index contributed by atoms with van der Waals surface area (Å²) in [6.45, 7) is 0.606. The molecule has 0 saturated heterocycles. The van der Waals surface area contributed by atoms with E-state index in [0.29, 0.717) is 5.92 Å². The summed E-state index contributed by atoms with van der Waals surface area (Å²) in [6.07, 6.45) is 0.729. The Morgan fingerprint density at radius 2 is 1.73 bits per heavy atom. The maximum Gasteiger partial charge on any atom is 0.387 e. The molecule has 2 rings (SSSR count). The zero-order valence-electron chi connectivity index (χ0n) is 17.1. The molecule has 0 bridgehead atoms. The van der Waals surface area contributed by atoms with Crippen LogP contribution in [0.4, 0.5) is 8.78 Å². The van der Waals surface area contributed by atoms with Gasteiger partial charge in [0.25, 0.3) is 5.91 Å². The third-order valence-corrected chi connectivity index (χ3v) is 4.19. The number of ether oxygens (including phenoxy) is 3. The van der Waals surface area contributed by atoms with Crippen molar-refractivity contribution in [2.75, 3.05) is 13.7 Å². The SMILES string of the molecule is COc1cc(C(=O)OCC(=O)N[C@@H](CC(C)C)c2ccccc2)ccc1OC(F)F. The summed E-state index contributed by atoms with van der Waals surface area (Å²) < 4.78 is 39.1. The third kappa shape index (κ3) is 7.02. The van der Waals surface area contributed by atoms with Crippen LogP contribution in [0.1, 0.15) is 42.2 Å². The fourth-order valence-corrected chi connectivity index (χ4v) is 2.87. The molecule has 0 aromatic heterocycles. The van der Waals surface area contributed by atoms with Crippen molar-refractivity contribution in [1.29, 1.82) is 0 Å². The van der Waals surface area contributed by atoms with E-state index in [1.807, 2.05) is 30.3 Å². The zero-order chi connectivity index (χ0) is 22.1. The summed E-state index contributed by atoms with van der Waals surface area (Å²) in [4.78, 5) is 24.6. The Hall–Kier alpha value is -3.16. The van der Waals surface area contributed by atoms with Gasteiger partial charge in [0, 0.05) is 0 Å². The number of benzene rings is 2. The third-order valence-electron chi connectivity index (χ3n) is 4.19. The Bertz CT molecular complexity index is 843. The van der Waals surface area contributed by atoms with Crippen molar-refractivity contribution in [3.63, 3.8) is 0 Å². The lowest BCUT2D eigenvalue weighted by Gasteiger charge is -2.21. The highest BCUT2D eigenvalue weighted by molar-refractivity contribution is 5.92. The molecule has 6 nitrogen and oxygen atoms in total. The second kappa shape index (κ2) is 11.1. The van der Waals surface area contributed by atoms with Crippen LogP contribution in [0.5, 0.6) is 11.5 Å². The van der Waals surface area contributed by atoms with Gasteiger partial charge in [0.15, 0.2) is 18.1 Å². The van der Waals surface area contributed by atoms with E-state index < -0.39 is 25.1 Å². The average Bonchev–Trinajstić information content (AvgIpc) is 2.71. The first-order valence-corrected chi connectivity index (χ1v) is 9.44. The molecular weight excluding hydrogens is 396 g/mol. The number of carbonyl (C=O) groups excluding carboxylic acids is 2. The molecule has 0 aliphatic rings. The van der Waals surface area contributed by atoms with E-state index in [4.69, 9.17) is 9.47 Å². The highest BCUT2D eigenvalue weighted by atomic mass is 19.3. The molecule has 1 N–H and O–H groups in total. The smallest absolute Gasteiger partial charge is 0.387 e. The molecule has 2 aromatic rings. The predicted octanol–water partition coefficient (Wildman–Crippen LogP) is 4.36. The van der Waals surface area contributed by atoms with Crippen LogP contribution >= 0.6 is 0 Å². The number of rotatable bonds is 10. The van der Waals surface area contributed by atoms with Gasteiger partial charge in [0.1, 0.15) is 0 Å². The summed E-state index contributed by atoms with van der Waals surface area (Å²) in [5, 5.41) is 2.88. The van der Waals surface area contributed by atoms with Gasteiger partial charge in [0.05, 0.1) is 18.7 Å². The molecular formula is C22H25F2NO5. The first-order valence-electron chi connectivity index (χ1n) is 9.44. The molecule has 0 spiro atoms. The number of hydrogen-bond donors (Lipinski definition) is 1. The van der Waals surface area contributed by atoms with Crippen LogP contribution in [0.25, 0.3) is 0 Å². The fraction of sp³-hybridized carbons (Fsp3) is 0.364. The van der Waals surface area contributed by atoms with Crippen LogP contribution in [0, 0.1) is 5.92 Å². The Balaban J connectivity index is 1.98. The molecule has 0 saturated carbocycles. The van der Waals surface area contributed by atoms with Crippen LogP contribution in [-0.4, -0.2) is 32.2 Å². The standard InChI is InChI=1S/C22H25F2NO5/c1-14(2)11-17(15-7-5-4-6-8-15)25-20(26)13-29-21(27)16-9-10-18(30-22(23)24)19(12-16)28-3/h4-10,12,14,17,22H,11,13H2,1-3H3,(H,25,26)/t17-/m0/s1. The molecule has 162 valence electrons. The van der Waals surface area contributed by atoms with Gasteiger partial charge in [-0.3, -0.25) is 4.79 Å². The Kier molecular flexibility index (Phi) is 8.58. The van der Waals surface area contributed by atoms with Crippen molar-refractivity contribution in [3.8, 4) is 11.5 Å². The lowest BCUT2D eigenvalue weighted by molar-refractivity contribution is -0.125. The lowest BCUT2D eigenvalue weighted by atomic mass is 9.97. The lowest BCUT2D eigenvalue weighted by Crippen LogP contribution is -2.33. The van der Waals surface area contributed by atoms with Gasteiger partial charge in [-0.05, 0) is 36.1 Å². The molecule has 0 heterocycles. The second-order valence-corrected chi connectivity index (χ2v) is 6.98. The topological polar surface area (TPSA) is 73.9 Å². The van der Waals surface area contributed by atoms with Crippen molar-refractivity contribution in [1.82, 2.24) is 5.32 Å². The van der Waals surface area contributed by atoms with Gasteiger partial charge < -0.3 is 19.5 Å². The van der Waals surface area contributed by atoms with Crippen LogP contribution < -0.4 is 14.8 Å². The maximum atomic E-state index is 12.4. The number of halogens is 2. The fourth-order valence-electron chi connectivity index (χ4n) is 2.87. The first kappa shape index (κ1) is 23.1. The molecule has 0 unspecified atom stereocenters. The highest BCUT2D eigenvalue weighted by Gasteiger charge is 2.19. The number of nitrogens with one attached hydrogen (secondary N) is 1. The van der Waals surface area contributed by atoms with Crippen LogP contribution in [0.2, 0.25) is 0 Å². The molecule has 1 amide bonds. The molecule has 30 heavy (non-hydrogen) atoms. The van der Waals surface area contributed by atoms with E-state index in [0.717, 1.165) is 12.0 Å². The van der Waals surface area contributed by atoms with E-state index in [9.17, 15) is 18.4 Å². The van der Waals surface area contributed by atoms with E-state index in [1.54, 1.807) is 0 Å². The summed E-state index contributed by atoms with van der Waals surface area (Å²) >= 11 is 0. The number of amides is 1. The maximum absolute atomic E-state index is 12.4. The molecule has 0 aliphatic carbocycles. The average molecular weight is 421 g/mol. The predicted molar refractivity (Wildman–Crippen MR) is 107 cm³/mol. The number of carbonyl (C=O) groups is 2. The monoisotopic (exact) mass is 421 g/mol. The first-order chi connectivity index (χ1) is 14.3. The number of methoxy groups -OCH3 is 1. The van der Waals surface area contributed by atoms with E-state index in [2.05, 4.69) is 23.9 Å². The summed E-state index contributed by atoms with van der Waals surface area (Å²) in [5.41, 5.74) is 1.01.